The standard InChI is InChI=1S/C22H22Cl2N4OS/c1-14-5-7-15(8-6-14)21(29)28-11-3-4-19(28)20-25-26-22(27(20)2)30-13-16-9-10-17(23)12-18(16)24/h5-10,12,19H,3-4,11,13H2,1-2H3. The number of rotatable bonds is 5. The predicted molar refractivity (Wildman–Crippen MR) is 121 cm³/mol. The first-order valence-electron chi connectivity index (χ1n) is 9.77. The van der Waals surface area contributed by atoms with Crippen molar-refractivity contribution in [2.45, 2.75) is 36.7 Å². The largest absolute Gasteiger partial charge is 0.328 e. The summed E-state index contributed by atoms with van der Waals surface area (Å²) in [5.41, 5.74) is 2.84. The summed E-state index contributed by atoms with van der Waals surface area (Å²) in [6.07, 6.45) is 1.84. The summed E-state index contributed by atoms with van der Waals surface area (Å²) in [7, 11) is 1.95. The molecule has 5 nitrogen and oxygen atoms in total. The quantitative estimate of drug-likeness (QED) is 0.458. The molecule has 1 saturated heterocycles. The zero-order valence-corrected chi connectivity index (χ0v) is 19.1. The number of amides is 1. The molecule has 2 aromatic carbocycles. The maximum Gasteiger partial charge on any atom is 0.254 e. The monoisotopic (exact) mass is 460 g/mol. The Morgan fingerprint density at radius 2 is 1.93 bits per heavy atom. The molecular weight excluding hydrogens is 439 g/mol. The molecule has 1 unspecified atom stereocenters. The van der Waals surface area contributed by atoms with Gasteiger partial charge in [0.2, 0.25) is 0 Å². The molecule has 2 heterocycles. The van der Waals surface area contributed by atoms with Gasteiger partial charge < -0.3 is 9.47 Å². The first-order chi connectivity index (χ1) is 14.4. The molecule has 156 valence electrons. The minimum Gasteiger partial charge on any atom is -0.328 e. The minimum absolute atomic E-state index is 0.0441. The number of aryl methyl sites for hydroxylation is 1. The van der Waals surface area contributed by atoms with E-state index in [1.807, 2.05) is 59.8 Å². The van der Waals surface area contributed by atoms with Gasteiger partial charge in [-0.2, -0.15) is 0 Å². The molecule has 4 rings (SSSR count). The van der Waals surface area contributed by atoms with Crippen LogP contribution >= 0.6 is 35.0 Å². The Kier molecular flexibility index (Phi) is 6.37. The van der Waals surface area contributed by atoms with Crippen LogP contribution in [0, 0.1) is 6.92 Å². The summed E-state index contributed by atoms with van der Waals surface area (Å²) < 4.78 is 1.99. The number of hydrogen-bond acceptors (Lipinski definition) is 4. The zero-order valence-electron chi connectivity index (χ0n) is 16.8. The lowest BCUT2D eigenvalue weighted by Gasteiger charge is -2.24. The second kappa shape index (κ2) is 9.00. The van der Waals surface area contributed by atoms with Crippen molar-refractivity contribution in [3.8, 4) is 0 Å². The maximum atomic E-state index is 13.1. The third kappa shape index (κ3) is 4.36. The van der Waals surface area contributed by atoms with E-state index in [2.05, 4.69) is 10.2 Å². The molecule has 0 N–H and O–H groups in total. The van der Waals surface area contributed by atoms with Crippen molar-refractivity contribution in [3.63, 3.8) is 0 Å². The van der Waals surface area contributed by atoms with Gasteiger partial charge in [-0.25, -0.2) is 0 Å². The molecule has 1 aliphatic heterocycles. The van der Waals surface area contributed by atoms with Crippen LogP contribution in [-0.2, 0) is 12.8 Å². The van der Waals surface area contributed by atoms with Crippen LogP contribution in [0.1, 0.15) is 46.2 Å². The Morgan fingerprint density at radius 3 is 2.67 bits per heavy atom. The van der Waals surface area contributed by atoms with Gasteiger partial charge in [0, 0.05) is 35.0 Å². The summed E-state index contributed by atoms with van der Waals surface area (Å²) in [4.78, 5) is 15.0. The highest BCUT2D eigenvalue weighted by Crippen LogP contribution is 2.34. The third-order valence-electron chi connectivity index (χ3n) is 5.35. The molecule has 0 radical (unpaired) electrons. The van der Waals surface area contributed by atoms with Gasteiger partial charge in [0.05, 0.1) is 6.04 Å². The Hall–Kier alpha value is -2.02. The second-order valence-corrected chi connectivity index (χ2v) is 9.23. The van der Waals surface area contributed by atoms with Crippen molar-refractivity contribution >= 4 is 40.9 Å². The van der Waals surface area contributed by atoms with Crippen molar-refractivity contribution in [2.24, 2.45) is 7.05 Å². The predicted octanol–water partition coefficient (Wildman–Crippen LogP) is 5.70. The highest BCUT2D eigenvalue weighted by atomic mass is 35.5. The van der Waals surface area contributed by atoms with Crippen LogP contribution < -0.4 is 0 Å². The van der Waals surface area contributed by atoms with Gasteiger partial charge in [-0.1, -0.05) is 58.7 Å². The van der Waals surface area contributed by atoms with Crippen LogP contribution in [-0.4, -0.2) is 32.1 Å². The normalized spacial score (nSPS) is 16.3. The van der Waals surface area contributed by atoms with E-state index in [0.717, 1.165) is 41.5 Å². The molecule has 0 aliphatic carbocycles. The summed E-state index contributed by atoms with van der Waals surface area (Å²) in [6, 6.07) is 13.2. The van der Waals surface area contributed by atoms with Crippen LogP contribution in [0.3, 0.4) is 0 Å². The van der Waals surface area contributed by atoms with Crippen molar-refractivity contribution in [3.05, 3.63) is 75.0 Å². The van der Waals surface area contributed by atoms with Gasteiger partial charge in [0.15, 0.2) is 11.0 Å². The van der Waals surface area contributed by atoms with E-state index in [9.17, 15) is 4.79 Å². The van der Waals surface area contributed by atoms with Gasteiger partial charge in [-0.15, -0.1) is 10.2 Å². The molecule has 0 saturated carbocycles. The minimum atomic E-state index is -0.0650. The molecule has 1 aliphatic rings. The van der Waals surface area contributed by atoms with E-state index in [1.165, 1.54) is 0 Å². The van der Waals surface area contributed by atoms with Crippen molar-refractivity contribution in [1.82, 2.24) is 19.7 Å². The second-order valence-electron chi connectivity index (χ2n) is 7.45. The Morgan fingerprint density at radius 1 is 1.17 bits per heavy atom. The van der Waals surface area contributed by atoms with Crippen LogP contribution in [0.15, 0.2) is 47.6 Å². The van der Waals surface area contributed by atoms with Gasteiger partial charge in [-0.3, -0.25) is 4.79 Å². The number of halogens is 2. The highest BCUT2D eigenvalue weighted by Gasteiger charge is 2.34. The topological polar surface area (TPSA) is 51.0 Å². The molecule has 1 atom stereocenters. The molecule has 3 aromatic rings. The van der Waals surface area contributed by atoms with Crippen LogP contribution in [0.5, 0.6) is 0 Å². The summed E-state index contributed by atoms with van der Waals surface area (Å²) in [5.74, 6) is 1.53. The Bertz CT molecular complexity index is 1070. The van der Waals surface area contributed by atoms with E-state index >= 15 is 0 Å². The lowest BCUT2D eigenvalue weighted by Crippen LogP contribution is -2.31. The highest BCUT2D eigenvalue weighted by molar-refractivity contribution is 7.98. The summed E-state index contributed by atoms with van der Waals surface area (Å²) >= 11 is 13.8. The number of likely N-dealkylation sites (tertiary alicyclic amines) is 1. The molecule has 1 amide bonds. The maximum absolute atomic E-state index is 13.1. The molecule has 1 aromatic heterocycles. The lowest BCUT2D eigenvalue weighted by molar-refractivity contribution is 0.0727. The third-order valence-corrected chi connectivity index (χ3v) is 7.01. The van der Waals surface area contributed by atoms with E-state index in [1.54, 1.807) is 17.8 Å². The molecule has 30 heavy (non-hydrogen) atoms. The molecule has 8 heteroatoms. The van der Waals surface area contributed by atoms with Gasteiger partial charge in [0.25, 0.3) is 5.91 Å². The number of aromatic nitrogens is 3. The molecular formula is C22H22Cl2N4OS. The first-order valence-corrected chi connectivity index (χ1v) is 11.5. The Balaban J connectivity index is 1.50. The average Bonchev–Trinajstić information content (AvgIpc) is 3.34. The fourth-order valence-corrected chi connectivity index (χ4v) is 5.14. The zero-order chi connectivity index (χ0) is 21.3. The fourth-order valence-electron chi connectivity index (χ4n) is 3.66. The van der Waals surface area contributed by atoms with Crippen LogP contribution in [0.2, 0.25) is 10.0 Å². The number of carbonyl (C=O) groups excluding carboxylic acids is 1. The number of hydrogen-bond donors (Lipinski definition) is 0. The smallest absolute Gasteiger partial charge is 0.254 e. The number of benzene rings is 2. The summed E-state index contributed by atoms with van der Waals surface area (Å²) in [5, 5.41) is 10.9. The summed E-state index contributed by atoms with van der Waals surface area (Å²) in [6.45, 7) is 2.75. The van der Waals surface area contributed by atoms with Crippen LogP contribution in [0.25, 0.3) is 0 Å². The number of nitrogens with zero attached hydrogens (tertiary/aromatic N) is 4. The van der Waals surface area contributed by atoms with E-state index in [4.69, 9.17) is 23.2 Å². The van der Waals surface area contributed by atoms with Crippen molar-refractivity contribution < 1.29 is 4.79 Å². The average molecular weight is 461 g/mol. The lowest BCUT2D eigenvalue weighted by atomic mass is 10.1. The van der Waals surface area contributed by atoms with Gasteiger partial charge >= 0.3 is 0 Å². The van der Waals surface area contributed by atoms with Gasteiger partial charge in [0.1, 0.15) is 0 Å². The van der Waals surface area contributed by atoms with Crippen molar-refractivity contribution in [2.75, 3.05) is 6.54 Å². The fraction of sp³-hybridized carbons (Fsp3) is 0.318. The van der Waals surface area contributed by atoms with Gasteiger partial charge in [-0.05, 0) is 49.6 Å². The molecule has 0 spiro atoms. The van der Waals surface area contributed by atoms with E-state index < -0.39 is 0 Å². The number of carbonyl (C=O) groups is 1. The SMILES string of the molecule is Cc1ccc(C(=O)N2CCCC2c2nnc(SCc3ccc(Cl)cc3Cl)n2C)cc1. The molecule has 0 bridgehead atoms. The number of thioether (sulfide) groups is 1. The first kappa shape index (κ1) is 21.2. The Labute approximate surface area is 190 Å². The van der Waals surface area contributed by atoms with Crippen molar-refractivity contribution in [1.29, 1.82) is 0 Å². The van der Waals surface area contributed by atoms with E-state index in [0.29, 0.717) is 21.4 Å². The van der Waals surface area contributed by atoms with Crippen LogP contribution in [0.4, 0.5) is 0 Å². The van der Waals surface area contributed by atoms with E-state index in [-0.39, 0.29) is 11.9 Å². The molecule has 1 fully saturated rings.